The van der Waals surface area contributed by atoms with Crippen molar-refractivity contribution < 1.29 is 19.4 Å². The van der Waals surface area contributed by atoms with Crippen LogP contribution in [-0.2, 0) is 14.3 Å². The molecule has 1 aromatic carbocycles. The average Bonchev–Trinajstić information content (AvgIpc) is 3.26. The molecule has 0 saturated heterocycles. The fraction of sp³-hybridized carbons (Fsp3) is 0.267. The van der Waals surface area contributed by atoms with Crippen molar-refractivity contribution in [2.24, 2.45) is 0 Å². The van der Waals surface area contributed by atoms with E-state index in [-0.39, 0.29) is 31.0 Å². The Morgan fingerprint density at radius 2 is 2.24 bits per heavy atom. The van der Waals surface area contributed by atoms with Gasteiger partial charge < -0.3 is 20.1 Å². The number of hydrogen-bond donors (Lipinski definition) is 3. The number of nitrogens with zero attached hydrogens (tertiary/aromatic N) is 4. The van der Waals surface area contributed by atoms with Crippen molar-refractivity contribution in [3.05, 3.63) is 35.5 Å². The maximum atomic E-state index is 12.6. The van der Waals surface area contributed by atoms with Crippen LogP contribution in [0.3, 0.4) is 0 Å². The van der Waals surface area contributed by atoms with E-state index in [4.69, 9.17) is 9.84 Å². The number of esters is 1. The molecule has 3 N–H and O–H groups in total. The average molecular weight is 344 g/mol. The van der Waals surface area contributed by atoms with E-state index in [0.717, 1.165) is 0 Å². The molecule has 2 aromatic rings. The first-order chi connectivity index (χ1) is 12.2. The van der Waals surface area contributed by atoms with E-state index in [2.05, 4.69) is 25.9 Å². The van der Waals surface area contributed by atoms with Gasteiger partial charge in [-0.2, -0.15) is 5.21 Å². The smallest absolute Gasteiger partial charge is 0.337 e. The molecule has 1 aliphatic heterocycles. The van der Waals surface area contributed by atoms with E-state index in [9.17, 15) is 9.59 Å². The number of tetrazole rings is 1. The quantitative estimate of drug-likeness (QED) is 0.600. The molecule has 25 heavy (non-hydrogen) atoms. The number of aliphatic hydroxyl groups excluding tert-OH is 1. The number of carbonyl (C=O) groups excluding carboxylic acids is 2. The van der Waals surface area contributed by atoms with Gasteiger partial charge in [0.25, 0.3) is 5.91 Å². The lowest BCUT2D eigenvalue weighted by Gasteiger charge is -2.15. The summed E-state index contributed by atoms with van der Waals surface area (Å²) in [6.07, 6.45) is 0. The van der Waals surface area contributed by atoms with Crippen molar-refractivity contribution in [2.75, 3.05) is 32.1 Å². The van der Waals surface area contributed by atoms with Crippen LogP contribution in [0, 0.1) is 0 Å². The molecular formula is C15H16N6O4. The first-order valence-electron chi connectivity index (χ1n) is 7.47. The number of aromatic amines is 1. The van der Waals surface area contributed by atoms with E-state index in [1.807, 2.05) is 0 Å². The highest BCUT2D eigenvalue weighted by Gasteiger charge is 2.34. The van der Waals surface area contributed by atoms with Gasteiger partial charge in [0.05, 0.1) is 25.8 Å². The molecule has 1 aromatic heterocycles. The summed E-state index contributed by atoms with van der Waals surface area (Å²) in [7, 11) is 1.25. The molecule has 1 amide bonds. The molecule has 0 atom stereocenters. The van der Waals surface area contributed by atoms with Gasteiger partial charge in [-0.15, -0.1) is 10.2 Å². The van der Waals surface area contributed by atoms with Crippen LogP contribution in [0.25, 0.3) is 11.4 Å². The number of anilines is 1. The number of carbonyl (C=O) groups is 2. The van der Waals surface area contributed by atoms with Gasteiger partial charge in [-0.3, -0.25) is 4.79 Å². The molecule has 1 aliphatic rings. The SMILES string of the molecule is COC(=O)C1=C(Nc2ccccc2-c2nn[nH]n2)C(=O)N(CCO)C1. The van der Waals surface area contributed by atoms with Gasteiger partial charge in [-0.05, 0) is 17.3 Å². The number of ether oxygens (including phenoxy) is 1. The first kappa shape index (κ1) is 16.6. The lowest BCUT2D eigenvalue weighted by molar-refractivity contribution is -0.136. The van der Waals surface area contributed by atoms with Gasteiger partial charge in [-0.1, -0.05) is 12.1 Å². The van der Waals surface area contributed by atoms with Gasteiger partial charge >= 0.3 is 5.97 Å². The fourth-order valence-electron chi connectivity index (χ4n) is 2.55. The number of methoxy groups -OCH3 is 1. The Labute approximate surface area is 142 Å². The first-order valence-corrected chi connectivity index (χ1v) is 7.47. The number of amides is 1. The molecule has 0 bridgehead atoms. The van der Waals surface area contributed by atoms with E-state index in [0.29, 0.717) is 17.1 Å². The van der Waals surface area contributed by atoms with Gasteiger partial charge in [0.15, 0.2) is 0 Å². The number of aromatic nitrogens is 4. The Bertz CT molecular complexity index is 817. The normalized spacial score (nSPS) is 14.2. The van der Waals surface area contributed by atoms with Crippen LogP contribution in [0.4, 0.5) is 5.69 Å². The Hall–Kier alpha value is -3.27. The third-order valence-corrected chi connectivity index (χ3v) is 3.73. The number of hydrogen-bond acceptors (Lipinski definition) is 8. The zero-order valence-electron chi connectivity index (χ0n) is 13.4. The summed E-state index contributed by atoms with van der Waals surface area (Å²) in [5.74, 6) is -0.647. The molecular weight excluding hydrogens is 328 g/mol. The number of rotatable bonds is 6. The minimum Gasteiger partial charge on any atom is -0.466 e. The van der Waals surface area contributed by atoms with Crippen LogP contribution in [0.15, 0.2) is 35.5 Å². The number of H-pyrrole nitrogens is 1. The minimum atomic E-state index is -0.603. The van der Waals surface area contributed by atoms with Crippen LogP contribution < -0.4 is 5.32 Å². The highest BCUT2D eigenvalue weighted by molar-refractivity contribution is 6.09. The van der Waals surface area contributed by atoms with Crippen molar-refractivity contribution in [2.45, 2.75) is 0 Å². The molecule has 10 heteroatoms. The number of nitrogens with one attached hydrogen (secondary N) is 2. The molecule has 0 radical (unpaired) electrons. The van der Waals surface area contributed by atoms with Gasteiger partial charge in [0.2, 0.25) is 5.82 Å². The highest BCUT2D eigenvalue weighted by Crippen LogP contribution is 2.28. The molecule has 0 unspecified atom stereocenters. The van der Waals surface area contributed by atoms with Crippen LogP contribution in [0.5, 0.6) is 0 Å². The Morgan fingerprint density at radius 1 is 1.44 bits per heavy atom. The molecule has 0 spiro atoms. The van der Waals surface area contributed by atoms with Crippen LogP contribution in [0.2, 0.25) is 0 Å². The predicted molar refractivity (Wildman–Crippen MR) is 85.9 cm³/mol. The molecule has 130 valence electrons. The third-order valence-electron chi connectivity index (χ3n) is 3.73. The minimum absolute atomic E-state index is 0.0682. The van der Waals surface area contributed by atoms with Crippen LogP contribution in [0.1, 0.15) is 0 Å². The topological polar surface area (TPSA) is 133 Å². The second-order valence-corrected chi connectivity index (χ2v) is 5.20. The molecule has 10 nitrogen and oxygen atoms in total. The fourth-order valence-corrected chi connectivity index (χ4v) is 2.55. The van der Waals surface area contributed by atoms with Crippen LogP contribution >= 0.6 is 0 Å². The second-order valence-electron chi connectivity index (χ2n) is 5.20. The predicted octanol–water partition coefficient (Wildman–Crippen LogP) is -0.460. The van der Waals surface area contributed by atoms with Gasteiger partial charge in [-0.25, -0.2) is 4.79 Å². The summed E-state index contributed by atoms with van der Waals surface area (Å²) >= 11 is 0. The standard InChI is InChI=1S/C15H16N6O4/c1-25-15(24)10-8-21(6-7-22)14(23)12(10)16-11-5-3-2-4-9(11)13-17-19-20-18-13/h2-5,16,22H,6-8H2,1H3,(H,17,18,19,20). The summed E-state index contributed by atoms with van der Waals surface area (Å²) in [6.45, 7) is -0.0112. The highest BCUT2D eigenvalue weighted by atomic mass is 16.5. The summed E-state index contributed by atoms with van der Waals surface area (Å²) < 4.78 is 4.76. The Kier molecular flexibility index (Phi) is 4.70. The molecule has 3 rings (SSSR count). The second kappa shape index (κ2) is 7.09. The lowest BCUT2D eigenvalue weighted by atomic mass is 10.1. The van der Waals surface area contributed by atoms with E-state index >= 15 is 0 Å². The van der Waals surface area contributed by atoms with Crippen molar-refractivity contribution in [3.8, 4) is 11.4 Å². The third kappa shape index (κ3) is 3.19. The monoisotopic (exact) mass is 344 g/mol. The van der Waals surface area contributed by atoms with E-state index in [1.165, 1.54) is 12.0 Å². The van der Waals surface area contributed by atoms with Crippen molar-refractivity contribution in [3.63, 3.8) is 0 Å². The summed E-state index contributed by atoms with van der Waals surface area (Å²) in [6, 6.07) is 7.06. The van der Waals surface area contributed by atoms with E-state index < -0.39 is 11.9 Å². The zero-order valence-corrected chi connectivity index (χ0v) is 13.4. The number of para-hydroxylation sites is 1. The molecule has 0 aliphatic carbocycles. The summed E-state index contributed by atoms with van der Waals surface area (Å²) in [5.41, 5.74) is 1.46. The van der Waals surface area contributed by atoms with Gasteiger partial charge in [0, 0.05) is 17.8 Å². The molecule has 0 fully saturated rings. The Morgan fingerprint density at radius 3 is 2.92 bits per heavy atom. The zero-order chi connectivity index (χ0) is 17.8. The van der Waals surface area contributed by atoms with Crippen molar-refractivity contribution >= 4 is 17.6 Å². The Balaban J connectivity index is 1.97. The summed E-state index contributed by atoms with van der Waals surface area (Å²) in [4.78, 5) is 26.0. The maximum Gasteiger partial charge on any atom is 0.337 e. The number of aliphatic hydroxyl groups is 1. The van der Waals surface area contributed by atoms with E-state index in [1.54, 1.807) is 24.3 Å². The summed E-state index contributed by atoms with van der Waals surface area (Å²) in [5, 5.41) is 25.8. The molecule has 0 saturated carbocycles. The number of β-amino-alcohol motifs (C(OH)–C–C–N with tert-alkyl or cyclic N) is 1. The molecule has 2 heterocycles. The van der Waals surface area contributed by atoms with Crippen molar-refractivity contribution in [1.29, 1.82) is 0 Å². The van der Waals surface area contributed by atoms with Crippen molar-refractivity contribution in [1.82, 2.24) is 25.5 Å². The lowest BCUT2D eigenvalue weighted by Crippen LogP contribution is -2.31. The van der Waals surface area contributed by atoms with Crippen LogP contribution in [-0.4, -0.2) is 69.3 Å². The number of benzene rings is 1. The largest absolute Gasteiger partial charge is 0.466 e. The van der Waals surface area contributed by atoms with Gasteiger partial charge in [0.1, 0.15) is 5.70 Å². The maximum absolute atomic E-state index is 12.6.